The van der Waals surface area contributed by atoms with Gasteiger partial charge in [0.25, 0.3) is 10.0 Å². The van der Waals surface area contributed by atoms with Gasteiger partial charge >= 0.3 is 6.18 Å². The third kappa shape index (κ3) is 3.12. The van der Waals surface area contributed by atoms with Crippen LogP contribution < -0.4 is 9.46 Å². The minimum atomic E-state index is -4.65. The number of para-hydroxylation sites is 1. The zero-order valence-electron chi connectivity index (χ0n) is 11.7. The van der Waals surface area contributed by atoms with E-state index in [0.717, 1.165) is 17.7 Å². The summed E-state index contributed by atoms with van der Waals surface area (Å²) in [5.41, 5.74) is -0.818. The number of hydrogen-bond donors (Lipinski definition) is 1. The third-order valence-corrected chi connectivity index (χ3v) is 4.81. The van der Waals surface area contributed by atoms with Gasteiger partial charge in [-0.25, -0.2) is 8.42 Å². The summed E-state index contributed by atoms with van der Waals surface area (Å²) >= 11 is 0. The van der Waals surface area contributed by atoms with Crippen LogP contribution >= 0.6 is 0 Å². The highest BCUT2D eigenvalue weighted by molar-refractivity contribution is 7.92. The van der Waals surface area contributed by atoms with E-state index < -0.39 is 27.5 Å². The molecular formula is C15H12F3NO3S. The second-order valence-corrected chi connectivity index (χ2v) is 6.70. The summed E-state index contributed by atoms with van der Waals surface area (Å²) in [6.07, 6.45) is -4.08. The van der Waals surface area contributed by atoms with Crippen molar-refractivity contribution >= 4 is 15.7 Å². The first-order valence-electron chi connectivity index (χ1n) is 6.72. The largest absolute Gasteiger partial charge is 0.493 e. The van der Waals surface area contributed by atoms with Crippen LogP contribution in [0.2, 0.25) is 0 Å². The molecule has 2 aromatic rings. The average Bonchev–Trinajstić information content (AvgIpc) is 2.93. The highest BCUT2D eigenvalue weighted by atomic mass is 32.2. The van der Waals surface area contributed by atoms with Gasteiger partial charge in [-0.05, 0) is 35.9 Å². The Bertz CT molecular complexity index is 847. The van der Waals surface area contributed by atoms with Crippen LogP contribution in [0.4, 0.5) is 18.9 Å². The lowest BCUT2D eigenvalue weighted by Crippen LogP contribution is -2.17. The summed E-state index contributed by atoms with van der Waals surface area (Å²) in [6.45, 7) is 0.461. The van der Waals surface area contributed by atoms with Gasteiger partial charge in [0.05, 0.1) is 22.8 Å². The molecule has 0 spiro atoms. The maximum absolute atomic E-state index is 13.0. The molecule has 0 aromatic heterocycles. The van der Waals surface area contributed by atoms with Gasteiger partial charge in [0.2, 0.25) is 0 Å². The first kappa shape index (κ1) is 15.7. The Morgan fingerprint density at radius 2 is 1.83 bits per heavy atom. The number of rotatable bonds is 3. The highest BCUT2D eigenvalue weighted by Crippen LogP contribution is 2.36. The maximum Gasteiger partial charge on any atom is 0.418 e. The van der Waals surface area contributed by atoms with Crippen molar-refractivity contribution in [2.45, 2.75) is 17.5 Å². The van der Waals surface area contributed by atoms with E-state index in [-0.39, 0.29) is 4.90 Å². The number of sulfonamides is 1. The minimum Gasteiger partial charge on any atom is -0.493 e. The normalized spacial score (nSPS) is 14.2. The predicted molar refractivity (Wildman–Crippen MR) is 77.9 cm³/mol. The van der Waals surface area contributed by atoms with E-state index >= 15 is 0 Å². The summed E-state index contributed by atoms with van der Waals surface area (Å²) in [4.78, 5) is -0.0984. The summed E-state index contributed by atoms with van der Waals surface area (Å²) in [5.74, 6) is 0.597. The van der Waals surface area contributed by atoms with Crippen molar-refractivity contribution in [1.29, 1.82) is 0 Å². The average molecular weight is 343 g/mol. The van der Waals surface area contributed by atoms with Crippen molar-refractivity contribution in [1.82, 2.24) is 0 Å². The quantitative estimate of drug-likeness (QED) is 0.929. The van der Waals surface area contributed by atoms with E-state index in [2.05, 4.69) is 0 Å². The minimum absolute atomic E-state index is 0.0984. The Morgan fingerprint density at radius 1 is 1.09 bits per heavy atom. The smallest absolute Gasteiger partial charge is 0.418 e. The van der Waals surface area contributed by atoms with Gasteiger partial charge in [-0.15, -0.1) is 0 Å². The number of anilines is 1. The molecule has 0 unspecified atom stereocenters. The van der Waals surface area contributed by atoms with Crippen molar-refractivity contribution in [3.63, 3.8) is 0 Å². The summed E-state index contributed by atoms with van der Waals surface area (Å²) < 4.78 is 70.9. The zero-order chi connectivity index (χ0) is 16.7. The lowest BCUT2D eigenvalue weighted by Gasteiger charge is -2.15. The SMILES string of the molecule is O=S(=O)(Nc1ccccc1C(F)(F)F)c1ccc2c(c1)CCO2. The fourth-order valence-electron chi connectivity index (χ4n) is 2.35. The topological polar surface area (TPSA) is 55.4 Å². The lowest BCUT2D eigenvalue weighted by molar-refractivity contribution is -0.136. The molecule has 0 atom stereocenters. The molecule has 1 aliphatic rings. The summed E-state index contributed by atoms with van der Waals surface area (Å²) in [5, 5.41) is 0. The van der Waals surface area contributed by atoms with E-state index in [1.165, 1.54) is 30.3 Å². The molecule has 0 fully saturated rings. The van der Waals surface area contributed by atoms with Crippen LogP contribution in [0.25, 0.3) is 0 Å². The Kier molecular flexibility index (Phi) is 3.71. The molecular weight excluding hydrogens is 331 g/mol. The first-order chi connectivity index (χ1) is 10.8. The van der Waals surface area contributed by atoms with Crippen molar-refractivity contribution < 1.29 is 26.3 Å². The van der Waals surface area contributed by atoms with E-state index in [4.69, 9.17) is 4.74 Å². The molecule has 1 aliphatic heterocycles. The molecule has 23 heavy (non-hydrogen) atoms. The lowest BCUT2D eigenvalue weighted by atomic mass is 10.2. The predicted octanol–water partition coefficient (Wildman–Crippen LogP) is 3.44. The molecule has 0 saturated carbocycles. The van der Waals surface area contributed by atoms with Crippen LogP contribution in [0.3, 0.4) is 0 Å². The first-order valence-corrected chi connectivity index (χ1v) is 8.20. The van der Waals surface area contributed by atoms with E-state index in [1.807, 2.05) is 4.72 Å². The van der Waals surface area contributed by atoms with Crippen molar-refractivity contribution in [3.05, 3.63) is 53.6 Å². The number of nitrogens with one attached hydrogen (secondary N) is 1. The number of halogens is 3. The molecule has 4 nitrogen and oxygen atoms in total. The second-order valence-electron chi connectivity index (χ2n) is 5.02. The van der Waals surface area contributed by atoms with Crippen molar-refractivity contribution in [2.24, 2.45) is 0 Å². The van der Waals surface area contributed by atoms with Crippen LogP contribution in [0.1, 0.15) is 11.1 Å². The number of benzene rings is 2. The van der Waals surface area contributed by atoms with Gasteiger partial charge in [0, 0.05) is 6.42 Å². The van der Waals surface area contributed by atoms with Crippen LogP contribution in [-0.2, 0) is 22.6 Å². The standard InChI is InChI=1S/C15H12F3NO3S/c16-15(17,18)12-3-1-2-4-13(12)19-23(20,21)11-5-6-14-10(9-11)7-8-22-14/h1-6,9,19H,7-8H2. The summed E-state index contributed by atoms with van der Waals surface area (Å²) in [7, 11) is -4.12. The van der Waals surface area contributed by atoms with Crippen molar-refractivity contribution in [3.8, 4) is 5.75 Å². The van der Waals surface area contributed by atoms with Gasteiger partial charge in [0.1, 0.15) is 5.75 Å². The monoisotopic (exact) mass is 343 g/mol. The fraction of sp³-hybridized carbons (Fsp3) is 0.200. The van der Waals surface area contributed by atoms with Crippen molar-refractivity contribution in [2.75, 3.05) is 11.3 Å². The van der Waals surface area contributed by atoms with Crippen LogP contribution in [0, 0.1) is 0 Å². The molecule has 122 valence electrons. The Labute approximate surface area is 130 Å². The molecule has 3 rings (SSSR count). The molecule has 0 saturated heterocycles. The Hall–Kier alpha value is -2.22. The highest BCUT2D eigenvalue weighted by Gasteiger charge is 2.34. The van der Waals surface area contributed by atoms with Gasteiger partial charge in [-0.1, -0.05) is 12.1 Å². The third-order valence-electron chi connectivity index (χ3n) is 3.45. The zero-order valence-corrected chi connectivity index (χ0v) is 12.5. The molecule has 1 N–H and O–H groups in total. The number of ether oxygens (including phenoxy) is 1. The molecule has 0 bridgehead atoms. The van der Waals surface area contributed by atoms with Gasteiger partial charge < -0.3 is 4.74 Å². The summed E-state index contributed by atoms with van der Waals surface area (Å²) in [6, 6.07) is 8.68. The van der Waals surface area contributed by atoms with Crippen LogP contribution in [-0.4, -0.2) is 15.0 Å². The van der Waals surface area contributed by atoms with Crippen LogP contribution in [0.5, 0.6) is 5.75 Å². The van der Waals surface area contributed by atoms with Gasteiger partial charge in [0.15, 0.2) is 0 Å². The van der Waals surface area contributed by atoms with E-state index in [1.54, 1.807) is 0 Å². The van der Waals surface area contributed by atoms with E-state index in [9.17, 15) is 21.6 Å². The second kappa shape index (κ2) is 5.45. The maximum atomic E-state index is 13.0. The molecule has 2 aromatic carbocycles. The van der Waals surface area contributed by atoms with E-state index in [0.29, 0.717) is 18.8 Å². The molecule has 8 heteroatoms. The van der Waals surface area contributed by atoms with Crippen LogP contribution in [0.15, 0.2) is 47.4 Å². The molecule has 0 aliphatic carbocycles. The number of hydrogen-bond acceptors (Lipinski definition) is 3. The Morgan fingerprint density at radius 3 is 2.57 bits per heavy atom. The number of fused-ring (bicyclic) bond motifs is 1. The fourth-order valence-corrected chi connectivity index (χ4v) is 3.48. The molecule has 1 heterocycles. The molecule has 0 radical (unpaired) electrons. The Balaban J connectivity index is 1.97. The molecule has 0 amide bonds. The van der Waals surface area contributed by atoms with Gasteiger partial charge in [-0.3, -0.25) is 4.72 Å². The van der Waals surface area contributed by atoms with Gasteiger partial charge in [-0.2, -0.15) is 13.2 Å². The number of alkyl halides is 3.